The van der Waals surface area contributed by atoms with Gasteiger partial charge in [-0.2, -0.15) is 0 Å². The number of hydrogen-bond donors (Lipinski definition) is 4. The minimum Gasteiger partial charge on any atom is -0.399 e. The molecule has 0 unspecified atom stereocenters. The summed E-state index contributed by atoms with van der Waals surface area (Å²) in [5, 5.41) is 19.4. The van der Waals surface area contributed by atoms with Crippen molar-refractivity contribution in [1.29, 1.82) is 0 Å². The minimum absolute atomic E-state index is 0.0162. The number of nitrogens with one attached hydrogen (secondary N) is 2. The Balaban J connectivity index is 0.000000222. The lowest BCUT2D eigenvalue weighted by Crippen LogP contribution is -2.41. The van der Waals surface area contributed by atoms with Crippen molar-refractivity contribution in [2.75, 3.05) is 0 Å². The zero-order valence-electron chi connectivity index (χ0n) is 26.3. The van der Waals surface area contributed by atoms with E-state index in [2.05, 4.69) is 25.4 Å². The summed E-state index contributed by atoms with van der Waals surface area (Å²) in [7, 11) is -8.08. The first kappa shape index (κ1) is 38.0. The molecule has 1 saturated heterocycles. The van der Waals surface area contributed by atoms with E-state index in [-0.39, 0.29) is 44.1 Å². The fourth-order valence-corrected chi connectivity index (χ4v) is 9.67. The summed E-state index contributed by atoms with van der Waals surface area (Å²) in [4.78, 5) is 0.0946. The molecule has 46 heavy (non-hydrogen) atoms. The van der Waals surface area contributed by atoms with Crippen molar-refractivity contribution in [2.45, 2.75) is 124 Å². The van der Waals surface area contributed by atoms with Crippen LogP contribution in [0.1, 0.15) is 79.1 Å². The summed E-state index contributed by atoms with van der Waals surface area (Å²) in [5.41, 5.74) is -0.424. The van der Waals surface area contributed by atoms with Crippen molar-refractivity contribution in [3.05, 3.63) is 50.9 Å². The highest BCUT2D eigenvalue weighted by molar-refractivity contribution is 9.10. The molecule has 0 bridgehead atoms. The van der Waals surface area contributed by atoms with Gasteiger partial charge < -0.3 is 19.5 Å². The van der Waals surface area contributed by atoms with Gasteiger partial charge in [-0.05, 0) is 115 Å². The van der Waals surface area contributed by atoms with E-state index < -0.39 is 38.4 Å². The highest BCUT2D eigenvalue weighted by Crippen LogP contribution is 2.37. The second-order valence-electron chi connectivity index (χ2n) is 13.1. The zero-order valence-corrected chi connectivity index (χ0v) is 31.0. The van der Waals surface area contributed by atoms with Crippen LogP contribution >= 0.6 is 39.1 Å². The molecule has 10 nitrogen and oxygen atoms in total. The third-order valence-electron chi connectivity index (χ3n) is 8.99. The van der Waals surface area contributed by atoms with Crippen LogP contribution in [0, 0.1) is 0 Å². The highest BCUT2D eigenvalue weighted by Gasteiger charge is 2.52. The van der Waals surface area contributed by atoms with Gasteiger partial charge in [-0.15, -0.1) is 0 Å². The van der Waals surface area contributed by atoms with Gasteiger partial charge >= 0.3 is 7.12 Å². The third kappa shape index (κ3) is 9.47. The van der Waals surface area contributed by atoms with Crippen LogP contribution in [0.4, 0.5) is 0 Å². The van der Waals surface area contributed by atoms with Crippen LogP contribution in [0.5, 0.6) is 0 Å². The van der Waals surface area contributed by atoms with E-state index in [1.807, 2.05) is 27.7 Å². The molecule has 1 aliphatic heterocycles. The molecule has 5 rings (SSSR count). The Labute approximate surface area is 291 Å². The van der Waals surface area contributed by atoms with Gasteiger partial charge in [0.15, 0.2) is 0 Å². The summed E-state index contributed by atoms with van der Waals surface area (Å²) in [6.45, 7) is 7.78. The molecule has 0 radical (unpaired) electrons. The lowest BCUT2D eigenvalue weighted by atomic mass is 9.79. The maximum absolute atomic E-state index is 12.9. The number of benzene rings is 2. The molecule has 0 spiro atoms. The molecule has 2 aromatic carbocycles. The molecule has 3 aliphatic rings. The summed E-state index contributed by atoms with van der Waals surface area (Å²) in [6.07, 6.45) is 4.28. The Morgan fingerprint density at radius 2 is 1.11 bits per heavy atom. The Morgan fingerprint density at radius 1 is 0.717 bits per heavy atom. The van der Waals surface area contributed by atoms with Crippen molar-refractivity contribution >= 4 is 71.8 Å². The Hall–Kier alpha value is -0.775. The van der Waals surface area contributed by atoms with E-state index in [0.717, 1.165) is 0 Å². The van der Waals surface area contributed by atoms with Gasteiger partial charge in [-0.1, -0.05) is 45.2 Å². The highest BCUT2D eigenvalue weighted by atomic mass is 79.9. The van der Waals surface area contributed by atoms with Gasteiger partial charge in [-0.3, -0.25) is 0 Å². The number of aliphatic hydroxyl groups is 2. The predicted molar refractivity (Wildman–Crippen MR) is 183 cm³/mol. The summed E-state index contributed by atoms with van der Waals surface area (Å²) in [5.74, 6) is 0. The lowest BCUT2D eigenvalue weighted by molar-refractivity contribution is 0.00578. The largest absolute Gasteiger partial charge is 0.494 e. The molecule has 4 N–H and O–H groups in total. The average molecular weight is 784 g/mol. The normalized spacial score (nSPS) is 26.3. The van der Waals surface area contributed by atoms with Crippen LogP contribution in [0.25, 0.3) is 0 Å². The quantitative estimate of drug-likeness (QED) is 0.290. The molecule has 0 amide bonds. The fourth-order valence-electron chi connectivity index (χ4n) is 5.49. The van der Waals surface area contributed by atoms with E-state index in [1.54, 1.807) is 24.3 Å². The third-order valence-corrected chi connectivity index (χ3v) is 13.5. The molecular weight excluding hydrogens is 742 g/mol. The molecule has 16 heteroatoms. The summed E-state index contributed by atoms with van der Waals surface area (Å²) >= 11 is 15.4. The van der Waals surface area contributed by atoms with Gasteiger partial charge in [0.25, 0.3) is 0 Å². The van der Waals surface area contributed by atoms with Crippen LogP contribution in [-0.4, -0.2) is 69.7 Å². The van der Waals surface area contributed by atoms with E-state index in [1.165, 1.54) is 12.1 Å². The van der Waals surface area contributed by atoms with Gasteiger partial charge in [0.05, 0.1) is 33.5 Å². The van der Waals surface area contributed by atoms with Crippen molar-refractivity contribution in [2.24, 2.45) is 0 Å². The first-order chi connectivity index (χ1) is 21.3. The number of halogens is 3. The van der Waals surface area contributed by atoms with Crippen LogP contribution < -0.4 is 14.9 Å². The average Bonchev–Trinajstić information content (AvgIpc) is 3.19. The van der Waals surface area contributed by atoms with Gasteiger partial charge in [0, 0.05) is 16.6 Å². The Kier molecular flexibility index (Phi) is 12.4. The van der Waals surface area contributed by atoms with Gasteiger partial charge in [-0.25, -0.2) is 26.3 Å². The molecule has 1 heterocycles. The van der Waals surface area contributed by atoms with Crippen molar-refractivity contribution in [3.63, 3.8) is 0 Å². The predicted octanol–water partition coefficient (Wildman–Crippen LogP) is 4.91. The van der Waals surface area contributed by atoms with Crippen LogP contribution in [0.3, 0.4) is 0 Å². The van der Waals surface area contributed by atoms with Crippen LogP contribution in [0.15, 0.2) is 50.7 Å². The summed E-state index contributed by atoms with van der Waals surface area (Å²) < 4.78 is 68.4. The van der Waals surface area contributed by atoms with E-state index >= 15 is 0 Å². The first-order valence-corrected chi connectivity index (χ1v) is 19.8. The van der Waals surface area contributed by atoms with Crippen molar-refractivity contribution in [1.82, 2.24) is 9.44 Å². The lowest BCUT2D eigenvalue weighted by Gasteiger charge is -2.32. The minimum atomic E-state index is -3.79. The molecule has 2 aromatic rings. The molecule has 0 atom stereocenters. The topological polar surface area (TPSA) is 151 Å². The Bertz CT molecular complexity index is 1580. The Morgan fingerprint density at radius 3 is 1.54 bits per heavy atom. The number of rotatable bonds is 7. The van der Waals surface area contributed by atoms with Gasteiger partial charge in [0.2, 0.25) is 20.0 Å². The second-order valence-corrected chi connectivity index (χ2v) is 18.2. The molecule has 0 aromatic heterocycles. The maximum atomic E-state index is 12.9. The monoisotopic (exact) mass is 782 g/mol. The number of aliphatic hydroxyl groups excluding tert-OH is 2. The summed E-state index contributed by atoms with van der Waals surface area (Å²) in [6, 6.07) is 9.19. The molecular formula is C30H42BBrCl2N2O8S2. The smallest absolute Gasteiger partial charge is 0.399 e. The van der Waals surface area contributed by atoms with Crippen molar-refractivity contribution < 1.29 is 36.4 Å². The van der Waals surface area contributed by atoms with Crippen LogP contribution in [-0.2, 0) is 29.4 Å². The van der Waals surface area contributed by atoms with Crippen LogP contribution in [0.2, 0.25) is 10.0 Å². The standard InChI is InChI=1S/C18H27BClNO5S.C12H15BrClNO3S/c1-17(2)18(3,4)26-19(25-17)12-5-10-15(20)16(11-12)27(23,24)21-13-6-8-14(22)9-7-13;13-8-1-6-11(14)12(7-8)19(17,18)15-9-2-4-10(16)5-3-9/h5,10-11,13-14,21-22H,6-9H2,1-4H3;1,6-7,9-10,15-16H,2-5H2. The zero-order chi connectivity index (χ0) is 34.1. The first-order valence-electron chi connectivity index (χ1n) is 15.3. The molecule has 3 fully saturated rings. The number of sulfonamides is 2. The van der Waals surface area contributed by atoms with E-state index in [4.69, 9.17) is 32.5 Å². The fraction of sp³-hybridized carbons (Fsp3) is 0.600. The SMILES string of the molecule is CC1(C)OB(c2ccc(Cl)c(S(=O)(=O)NC3CCC(O)CC3)c2)OC1(C)C.O=S(=O)(NC1CCC(O)CC1)c1cc(Br)ccc1Cl. The second kappa shape index (κ2) is 15.0. The molecule has 2 aliphatic carbocycles. The molecule has 256 valence electrons. The molecule has 2 saturated carbocycles. The van der Waals surface area contributed by atoms with E-state index in [9.17, 15) is 27.0 Å². The van der Waals surface area contributed by atoms with E-state index in [0.29, 0.717) is 61.3 Å². The number of hydrogen-bond acceptors (Lipinski definition) is 8. The van der Waals surface area contributed by atoms with Gasteiger partial charge in [0.1, 0.15) is 9.79 Å². The van der Waals surface area contributed by atoms with Crippen molar-refractivity contribution in [3.8, 4) is 0 Å². The maximum Gasteiger partial charge on any atom is 0.494 e.